The number of carbonyl (C=O) groups excluding carboxylic acids is 1. The minimum Gasteiger partial charge on any atom is -0.459 e. The number of benzene rings is 1. The van der Waals surface area contributed by atoms with Crippen molar-refractivity contribution in [2.24, 2.45) is 4.99 Å². The number of halogens is 2. The molecule has 0 saturated heterocycles. The number of nitrogens with one attached hydrogen (secondary N) is 3. The maximum Gasteiger partial charge on any atom is 0.287 e. The third kappa shape index (κ3) is 5.99. The standard InChI is InChI=1S/C19H24ClFN4O2/c1-19(2,14-7-6-13(21)11-15(14)20)12-25-18(22-3)24-9-8-23-17(26)16-5-4-10-27-16/h4-7,10-11H,8-9,12H2,1-3H3,(H,23,26)(H2,22,24,25). The molecular weight excluding hydrogens is 371 g/mol. The fourth-order valence-electron chi connectivity index (χ4n) is 2.51. The van der Waals surface area contributed by atoms with Crippen molar-refractivity contribution in [1.82, 2.24) is 16.0 Å². The van der Waals surface area contributed by atoms with Crippen molar-refractivity contribution < 1.29 is 13.6 Å². The SMILES string of the molecule is CN=C(NCCNC(=O)c1ccco1)NCC(C)(C)c1ccc(F)cc1Cl. The van der Waals surface area contributed by atoms with E-state index >= 15 is 0 Å². The maximum absolute atomic E-state index is 13.3. The Morgan fingerprint density at radius 1 is 1.22 bits per heavy atom. The molecule has 146 valence electrons. The van der Waals surface area contributed by atoms with Gasteiger partial charge in [0.25, 0.3) is 5.91 Å². The van der Waals surface area contributed by atoms with E-state index in [0.29, 0.717) is 30.6 Å². The zero-order valence-corrected chi connectivity index (χ0v) is 16.4. The Kier molecular flexibility index (Phi) is 7.24. The molecule has 0 spiro atoms. The molecule has 2 rings (SSSR count). The van der Waals surface area contributed by atoms with Crippen LogP contribution in [0.4, 0.5) is 4.39 Å². The third-order valence-electron chi connectivity index (χ3n) is 4.03. The number of rotatable bonds is 7. The molecule has 6 nitrogen and oxygen atoms in total. The van der Waals surface area contributed by atoms with Gasteiger partial charge in [0.15, 0.2) is 11.7 Å². The summed E-state index contributed by atoms with van der Waals surface area (Å²) < 4.78 is 18.3. The predicted molar refractivity (Wildman–Crippen MR) is 105 cm³/mol. The molecule has 27 heavy (non-hydrogen) atoms. The second kappa shape index (κ2) is 9.41. The van der Waals surface area contributed by atoms with Gasteiger partial charge in [-0.3, -0.25) is 9.79 Å². The summed E-state index contributed by atoms with van der Waals surface area (Å²) in [6.07, 6.45) is 1.45. The van der Waals surface area contributed by atoms with Crippen LogP contribution in [0.25, 0.3) is 0 Å². The number of carbonyl (C=O) groups is 1. The predicted octanol–water partition coefficient (Wildman–Crippen LogP) is 2.94. The Hall–Kier alpha value is -2.54. The van der Waals surface area contributed by atoms with Gasteiger partial charge < -0.3 is 20.4 Å². The second-order valence-electron chi connectivity index (χ2n) is 6.59. The molecule has 0 saturated carbocycles. The molecule has 0 aliphatic rings. The maximum atomic E-state index is 13.3. The van der Waals surface area contributed by atoms with E-state index in [1.165, 1.54) is 18.4 Å². The van der Waals surface area contributed by atoms with E-state index < -0.39 is 0 Å². The van der Waals surface area contributed by atoms with Crippen molar-refractivity contribution >= 4 is 23.5 Å². The van der Waals surface area contributed by atoms with E-state index in [2.05, 4.69) is 20.9 Å². The topological polar surface area (TPSA) is 78.7 Å². The number of amides is 1. The molecule has 0 bridgehead atoms. The van der Waals surface area contributed by atoms with Crippen molar-refractivity contribution in [3.05, 3.63) is 58.8 Å². The lowest BCUT2D eigenvalue weighted by Gasteiger charge is -2.27. The average molecular weight is 395 g/mol. The zero-order valence-electron chi connectivity index (χ0n) is 15.6. The van der Waals surface area contributed by atoms with Crippen LogP contribution in [0.5, 0.6) is 0 Å². The Bertz CT molecular complexity index is 791. The average Bonchev–Trinajstić information content (AvgIpc) is 3.15. The van der Waals surface area contributed by atoms with Crippen LogP contribution in [0.1, 0.15) is 30.0 Å². The molecule has 1 aromatic carbocycles. The molecule has 0 radical (unpaired) electrons. The number of hydrogen-bond donors (Lipinski definition) is 3. The van der Waals surface area contributed by atoms with E-state index in [1.54, 1.807) is 25.2 Å². The van der Waals surface area contributed by atoms with Crippen LogP contribution in [0.2, 0.25) is 5.02 Å². The lowest BCUT2D eigenvalue weighted by atomic mass is 9.84. The molecule has 3 N–H and O–H groups in total. The van der Waals surface area contributed by atoms with E-state index in [0.717, 1.165) is 5.56 Å². The summed E-state index contributed by atoms with van der Waals surface area (Å²) in [7, 11) is 1.66. The summed E-state index contributed by atoms with van der Waals surface area (Å²) in [6, 6.07) is 7.67. The Labute approximate surface area is 163 Å². The second-order valence-corrected chi connectivity index (χ2v) is 7.00. The quantitative estimate of drug-likeness (QED) is 0.383. The van der Waals surface area contributed by atoms with Gasteiger partial charge >= 0.3 is 0 Å². The van der Waals surface area contributed by atoms with Crippen molar-refractivity contribution in [1.29, 1.82) is 0 Å². The summed E-state index contributed by atoms with van der Waals surface area (Å²) in [6.45, 7) is 5.46. The Balaban J connectivity index is 1.80. The van der Waals surface area contributed by atoms with Gasteiger partial charge in [0.2, 0.25) is 0 Å². The van der Waals surface area contributed by atoms with Crippen LogP contribution < -0.4 is 16.0 Å². The van der Waals surface area contributed by atoms with E-state index in [1.807, 2.05) is 13.8 Å². The fourth-order valence-corrected chi connectivity index (χ4v) is 2.93. The van der Waals surface area contributed by atoms with Gasteiger partial charge in [-0.2, -0.15) is 0 Å². The van der Waals surface area contributed by atoms with Crippen molar-refractivity contribution in [3.8, 4) is 0 Å². The Morgan fingerprint density at radius 2 is 1.96 bits per heavy atom. The largest absolute Gasteiger partial charge is 0.459 e. The molecule has 0 aliphatic carbocycles. The number of guanidine groups is 1. The summed E-state index contributed by atoms with van der Waals surface area (Å²) >= 11 is 6.18. The lowest BCUT2D eigenvalue weighted by molar-refractivity contribution is 0.0926. The zero-order chi connectivity index (χ0) is 19.9. The van der Waals surface area contributed by atoms with Crippen LogP contribution in [-0.2, 0) is 5.41 Å². The minimum absolute atomic E-state index is 0.267. The summed E-state index contributed by atoms with van der Waals surface area (Å²) in [5, 5.41) is 9.48. The molecule has 1 aromatic heterocycles. The molecule has 2 aromatic rings. The van der Waals surface area contributed by atoms with Gasteiger partial charge in [0.05, 0.1) is 6.26 Å². The van der Waals surface area contributed by atoms with Gasteiger partial charge in [0.1, 0.15) is 5.82 Å². The molecule has 0 atom stereocenters. The highest BCUT2D eigenvalue weighted by atomic mass is 35.5. The molecule has 0 unspecified atom stereocenters. The van der Waals surface area contributed by atoms with Crippen molar-refractivity contribution in [2.75, 3.05) is 26.7 Å². The lowest BCUT2D eigenvalue weighted by Crippen LogP contribution is -2.45. The van der Waals surface area contributed by atoms with Crippen LogP contribution in [-0.4, -0.2) is 38.5 Å². The van der Waals surface area contributed by atoms with E-state index in [9.17, 15) is 9.18 Å². The number of aliphatic imine (C=N–C) groups is 1. The smallest absolute Gasteiger partial charge is 0.287 e. The molecule has 0 fully saturated rings. The number of hydrogen-bond acceptors (Lipinski definition) is 3. The van der Waals surface area contributed by atoms with E-state index in [-0.39, 0.29) is 22.9 Å². The van der Waals surface area contributed by atoms with Gasteiger partial charge in [-0.1, -0.05) is 31.5 Å². The number of nitrogens with zero attached hydrogens (tertiary/aromatic N) is 1. The molecular formula is C19H24ClFN4O2. The van der Waals surface area contributed by atoms with Gasteiger partial charge in [-0.05, 0) is 29.8 Å². The van der Waals surface area contributed by atoms with Gasteiger partial charge in [-0.25, -0.2) is 4.39 Å². The Morgan fingerprint density at radius 3 is 2.59 bits per heavy atom. The summed E-state index contributed by atoms with van der Waals surface area (Å²) in [5.74, 6) is 0.238. The first-order chi connectivity index (χ1) is 12.8. The highest BCUT2D eigenvalue weighted by molar-refractivity contribution is 6.31. The van der Waals surface area contributed by atoms with Crippen LogP contribution in [0, 0.1) is 5.82 Å². The summed E-state index contributed by atoms with van der Waals surface area (Å²) in [5.41, 5.74) is 0.509. The first-order valence-electron chi connectivity index (χ1n) is 8.55. The number of furan rings is 1. The minimum atomic E-state index is -0.360. The highest BCUT2D eigenvalue weighted by Gasteiger charge is 2.24. The fraction of sp³-hybridized carbons (Fsp3) is 0.368. The van der Waals surface area contributed by atoms with Crippen molar-refractivity contribution in [2.45, 2.75) is 19.3 Å². The van der Waals surface area contributed by atoms with Crippen molar-refractivity contribution in [3.63, 3.8) is 0 Å². The van der Waals surface area contributed by atoms with E-state index in [4.69, 9.17) is 16.0 Å². The van der Waals surface area contributed by atoms with Crippen LogP contribution in [0.3, 0.4) is 0 Å². The first-order valence-corrected chi connectivity index (χ1v) is 8.93. The van der Waals surface area contributed by atoms with Crippen LogP contribution in [0.15, 0.2) is 46.0 Å². The molecule has 8 heteroatoms. The molecule has 0 aliphatic heterocycles. The molecule has 1 amide bonds. The monoisotopic (exact) mass is 394 g/mol. The first kappa shape index (κ1) is 20.8. The molecule has 1 heterocycles. The van der Waals surface area contributed by atoms with Gasteiger partial charge in [0, 0.05) is 37.1 Å². The van der Waals surface area contributed by atoms with Crippen LogP contribution >= 0.6 is 11.6 Å². The third-order valence-corrected chi connectivity index (χ3v) is 4.34. The normalized spacial score (nSPS) is 12.0. The van der Waals surface area contributed by atoms with Gasteiger partial charge in [-0.15, -0.1) is 0 Å². The summed E-state index contributed by atoms with van der Waals surface area (Å²) in [4.78, 5) is 15.9. The highest BCUT2D eigenvalue weighted by Crippen LogP contribution is 2.29.